The second-order valence-electron chi connectivity index (χ2n) is 7.94. The minimum atomic E-state index is -0.343. The van der Waals surface area contributed by atoms with Crippen LogP contribution in [-0.2, 0) is 4.79 Å². The molecule has 0 radical (unpaired) electrons. The molecule has 4 aromatic rings. The van der Waals surface area contributed by atoms with Crippen LogP contribution in [0.1, 0.15) is 17.3 Å². The predicted octanol–water partition coefficient (Wildman–Crippen LogP) is 2.59. The first-order valence-electron chi connectivity index (χ1n) is 11.6. The van der Waals surface area contributed by atoms with Crippen molar-refractivity contribution in [2.45, 2.75) is 6.92 Å². The van der Waals surface area contributed by atoms with E-state index in [0.29, 0.717) is 45.9 Å². The van der Waals surface area contributed by atoms with Crippen LogP contribution in [0.25, 0.3) is 17.0 Å². The molecule has 2 aromatic heterocycles. The highest BCUT2D eigenvalue weighted by molar-refractivity contribution is 5.94. The highest BCUT2D eigenvalue weighted by Crippen LogP contribution is 2.32. The molecule has 4 rings (SSSR count). The normalized spacial score (nSPS) is 10.6. The summed E-state index contributed by atoms with van der Waals surface area (Å²) in [5, 5.41) is 15.6. The van der Waals surface area contributed by atoms with E-state index >= 15 is 0 Å². The van der Waals surface area contributed by atoms with Gasteiger partial charge in [-0.05, 0) is 49.4 Å². The first-order valence-corrected chi connectivity index (χ1v) is 11.6. The lowest BCUT2D eigenvalue weighted by molar-refractivity contribution is -0.123. The van der Waals surface area contributed by atoms with Gasteiger partial charge in [-0.3, -0.25) is 9.59 Å². The number of fused-ring (bicyclic) bond motifs is 1. The average molecular weight is 522 g/mol. The first kappa shape index (κ1) is 26.2. The Hall–Kier alpha value is -4.87. The molecule has 2 aromatic carbocycles. The number of carbonyl (C=O) groups excluding carboxylic acids is 2. The monoisotopic (exact) mass is 521 g/mol. The molecule has 0 bridgehead atoms. The molecule has 0 fully saturated rings. The second-order valence-corrected chi connectivity index (χ2v) is 7.94. The number of benzene rings is 2. The van der Waals surface area contributed by atoms with Crippen LogP contribution in [-0.4, -0.2) is 72.6 Å². The molecule has 1 N–H and O–H groups in total. The van der Waals surface area contributed by atoms with Gasteiger partial charge in [0.15, 0.2) is 46.9 Å². The Kier molecular flexibility index (Phi) is 8.21. The number of methoxy groups -OCH3 is 3. The maximum Gasteiger partial charge on any atom is 0.258 e. The predicted molar refractivity (Wildman–Crippen MR) is 136 cm³/mol. The fourth-order valence-electron chi connectivity index (χ4n) is 3.55. The number of hydrogen-bond donors (Lipinski definition) is 1. The summed E-state index contributed by atoms with van der Waals surface area (Å²) in [5.41, 5.74) is 1.77. The van der Waals surface area contributed by atoms with Crippen LogP contribution in [0, 0.1) is 0 Å². The van der Waals surface area contributed by atoms with Crippen molar-refractivity contribution >= 4 is 17.3 Å². The Morgan fingerprint density at radius 2 is 1.58 bits per heavy atom. The van der Waals surface area contributed by atoms with Crippen LogP contribution >= 0.6 is 0 Å². The third kappa shape index (κ3) is 5.91. The van der Waals surface area contributed by atoms with Gasteiger partial charge in [-0.25, -0.2) is 0 Å². The zero-order chi connectivity index (χ0) is 27.1. The number of Topliss-reactive ketones (excluding diaryl/α,β-unsaturated/α-hetero) is 1. The van der Waals surface area contributed by atoms with Gasteiger partial charge in [0, 0.05) is 17.2 Å². The van der Waals surface area contributed by atoms with E-state index in [0.717, 1.165) is 5.56 Å². The van der Waals surface area contributed by atoms with E-state index in [4.69, 9.17) is 23.7 Å². The number of hydrogen-bond acceptors (Lipinski definition) is 10. The maximum absolute atomic E-state index is 12.2. The van der Waals surface area contributed by atoms with E-state index in [9.17, 15) is 9.59 Å². The van der Waals surface area contributed by atoms with Gasteiger partial charge in [0.05, 0.1) is 27.9 Å². The zero-order valence-corrected chi connectivity index (χ0v) is 21.4. The van der Waals surface area contributed by atoms with E-state index < -0.39 is 0 Å². The third-order valence-electron chi connectivity index (χ3n) is 5.48. The number of ether oxygens (including phenoxy) is 5. The minimum absolute atomic E-state index is 0.0947. The molecular weight excluding hydrogens is 494 g/mol. The SMILES string of the molecule is COc1ccc(-c2nnc3ccc(OCCNC(=O)COc4ccc(C(C)=O)cc4OC)nn23)cc1OC. The standard InChI is InChI=1S/C26H27N5O7/c1-16(32)17-5-8-20(22(13-17)36-4)38-15-24(33)27-11-12-37-25-10-9-23-28-29-26(31(23)30-25)18-6-7-19(34-2)21(14-18)35-3/h5-10,13-14H,11-12,15H2,1-4H3,(H,27,33). The first-order chi connectivity index (χ1) is 18.4. The number of nitrogens with zero attached hydrogens (tertiary/aromatic N) is 4. The summed E-state index contributed by atoms with van der Waals surface area (Å²) in [7, 11) is 4.59. The molecule has 198 valence electrons. The highest BCUT2D eigenvalue weighted by Gasteiger charge is 2.14. The van der Waals surface area contributed by atoms with Crippen LogP contribution in [0.15, 0.2) is 48.5 Å². The number of nitrogens with one attached hydrogen (secondary N) is 1. The molecule has 0 spiro atoms. The van der Waals surface area contributed by atoms with Crippen molar-refractivity contribution in [1.29, 1.82) is 0 Å². The van der Waals surface area contributed by atoms with Gasteiger partial charge in [-0.15, -0.1) is 15.3 Å². The molecule has 0 aliphatic carbocycles. The summed E-state index contributed by atoms with van der Waals surface area (Å²) in [5.74, 6) is 2.28. The Balaban J connectivity index is 1.32. The van der Waals surface area contributed by atoms with Gasteiger partial charge in [-0.2, -0.15) is 4.52 Å². The summed E-state index contributed by atoms with van der Waals surface area (Å²) >= 11 is 0. The van der Waals surface area contributed by atoms with Gasteiger partial charge < -0.3 is 29.0 Å². The van der Waals surface area contributed by atoms with Crippen molar-refractivity contribution in [3.8, 4) is 40.3 Å². The zero-order valence-electron chi connectivity index (χ0n) is 21.4. The number of ketones is 1. The van der Waals surface area contributed by atoms with Crippen LogP contribution < -0.4 is 29.0 Å². The summed E-state index contributed by atoms with van der Waals surface area (Å²) in [4.78, 5) is 23.7. The van der Waals surface area contributed by atoms with Crippen molar-refractivity contribution in [2.24, 2.45) is 0 Å². The summed E-state index contributed by atoms with van der Waals surface area (Å²) in [6.07, 6.45) is 0. The van der Waals surface area contributed by atoms with Crippen LogP contribution in [0.3, 0.4) is 0 Å². The molecule has 0 aliphatic heterocycles. The summed E-state index contributed by atoms with van der Waals surface area (Å²) in [6.45, 7) is 1.64. The maximum atomic E-state index is 12.2. The molecule has 0 atom stereocenters. The molecule has 0 unspecified atom stereocenters. The van der Waals surface area contributed by atoms with Gasteiger partial charge in [0.2, 0.25) is 5.88 Å². The van der Waals surface area contributed by atoms with Crippen LogP contribution in [0.5, 0.6) is 28.9 Å². The van der Waals surface area contributed by atoms with E-state index in [1.165, 1.54) is 14.0 Å². The number of aromatic nitrogens is 4. The van der Waals surface area contributed by atoms with Crippen molar-refractivity contribution in [3.05, 3.63) is 54.1 Å². The molecule has 2 heterocycles. The van der Waals surface area contributed by atoms with Crippen molar-refractivity contribution in [1.82, 2.24) is 25.1 Å². The molecule has 12 nitrogen and oxygen atoms in total. The van der Waals surface area contributed by atoms with Crippen molar-refractivity contribution in [2.75, 3.05) is 41.1 Å². The highest BCUT2D eigenvalue weighted by atomic mass is 16.5. The van der Waals surface area contributed by atoms with Gasteiger partial charge in [0.25, 0.3) is 5.91 Å². The lowest BCUT2D eigenvalue weighted by Crippen LogP contribution is -2.32. The summed E-state index contributed by atoms with van der Waals surface area (Å²) in [6, 6.07) is 13.6. The number of amides is 1. The lowest BCUT2D eigenvalue weighted by atomic mass is 10.1. The van der Waals surface area contributed by atoms with Gasteiger partial charge in [0.1, 0.15) is 6.61 Å². The molecule has 1 amide bonds. The van der Waals surface area contributed by atoms with Gasteiger partial charge >= 0.3 is 0 Å². The summed E-state index contributed by atoms with van der Waals surface area (Å²) < 4.78 is 28.7. The fraction of sp³-hybridized carbons (Fsp3) is 0.269. The lowest BCUT2D eigenvalue weighted by Gasteiger charge is -2.12. The quantitative estimate of drug-likeness (QED) is 0.219. The van der Waals surface area contributed by atoms with Crippen molar-refractivity contribution < 1.29 is 33.3 Å². The molecule has 38 heavy (non-hydrogen) atoms. The Labute approximate surface area is 218 Å². The molecule has 0 saturated carbocycles. The van der Waals surface area contributed by atoms with E-state index in [1.807, 2.05) is 6.07 Å². The van der Waals surface area contributed by atoms with E-state index in [1.54, 1.807) is 61.2 Å². The number of rotatable bonds is 12. The number of carbonyl (C=O) groups is 2. The van der Waals surface area contributed by atoms with Crippen LogP contribution in [0.4, 0.5) is 0 Å². The minimum Gasteiger partial charge on any atom is -0.493 e. The molecule has 0 saturated heterocycles. The van der Waals surface area contributed by atoms with E-state index in [2.05, 4.69) is 20.6 Å². The molecule has 12 heteroatoms. The molecule has 0 aliphatic rings. The Morgan fingerprint density at radius 1 is 0.842 bits per heavy atom. The van der Waals surface area contributed by atoms with Gasteiger partial charge in [-0.1, -0.05) is 0 Å². The van der Waals surface area contributed by atoms with E-state index in [-0.39, 0.29) is 31.4 Å². The largest absolute Gasteiger partial charge is 0.493 e. The smallest absolute Gasteiger partial charge is 0.258 e. The third-order valence-corrected chi connectivity index (χ3v) is 5.48. The van der Waals surface area contributed by atoms with Crippen molar-refractivity contribution in [3.63, 3.8) is 0 Å². The average Bonchev–Trinajstić information content (AvgIpc) is 3.36. The fourth-order valence-corrected chi connectivity index (χ4v) is 3.55. The topological polar surface area (TPSA) is 135 Å². The van der Waals surface area contributed by atoms with Crippen LogP contribution in [0.2, 0.25) is 0 Å². The molecular formula is C26H27N5O7. The Morgan fingerprint density at radius 3 is 2.32 bits per heavy atom. The second kappa shape index (κ2) is 11.9. The Bertz CT molecular complexity index is 1450.